The van der Waals surface area contributed by atoms with Crippen LogP contribution >= 0.6 is 67.8 Å². The predicted octanol–water partition coefficient (Wildman–Crippen LogP) is 19.4. The van der Waals surface area contributed by atoms with Crippen molar-refractivity contribution < 1.29 is 53.9 Å². The number of benzene rings is 9. The molecule has 0 aromatic heterocycles. The van der Waals surface area contributed by atoms with E-state index in [1.165, 1.54) is 69.8 Å². The summed E-state index contributed by atoms with van der Waals surface area (Å²) >= 11 is 6.68. The van der Waals surface area contributed by atoms with Gasteiger partial charge in [-0.05, 0) is 284 Å². The smallest absolute Gasteiger partial charge is 0.374 e. The van der Waals surface area contributed by atoms with Crippen LogP contribution in [0, 0.1) is 10.7 Å². The Morgan fingerprint density at radius 1 is 0.364 bits per heavy atom. The van der Waals surface area contributed by atoms with E-state index < -0.39 is 53.3 Å². The maximum atomic E-state index is 13.6. The third kappa shape index (κ3) is 15.4. The number of amides is 3. The average Bonchev–Trinajstić information content (AvgIpc) is 1.65. The number of anilines is 3. The van der Waals surface area contributed by atoms with Gasteiger partial charge in [-0.3, -0.25) is 29.9 Å². The Labute approximate surface area is 608 Å². The van der Waals surface area contributed by atoms with Crippen molar-refractivity contribution >= 4 is 103 Å². The summed E-state index contributed by atoms with van der Waals surface area (Å²) in [5, 5.41) is 10.5. The zero-order valence-electron chi connectivity index (χ0n) is 52.7. The molecule has 0 saturated carbocycles. The molecule has 15 rings (SSSR count). The lowest BCUT2D eigenvalue weighted by molar-refractivity contribution is -0.138. The van der Waals surface area contributed by atoms with Crippen molar-refractivity contribution in [3.8, 4) is 0 Å². The van der Waals surface area contributed by atoms with Gasteiger partial charge in [-0.25, -0.2) is 0 Å². The van der Waals surface area contributed by atoms with E-state index in [1.807, 2.05) is 115 Å². The number of hydrogen-bond acceptors (Lipinski definition) is 6. The molecule has 9 nitrogen and oxygen atoms in total. The standard InChI is InChI=1S/2C26H22F3IN2O.C26H20F3IN2O/c3*27-26(28,29)18-9-11-20(12-10-18)32-24(17-5-3-6-19(30)14-17)15-23(25(32)33)31-22-13-8-16-4-1-2-7-21(16)22/h2*1-7,9-12,14,22-24,31H,8,13,15H2;1-7,9-12,14-15,22,24,31H,8,13H2/t22-,23+,24+;22-,23-,24+;22-,24+/m000/s1. The number of alkyl halides is 9. The largest absolute Gasteiger partial charge is 0.416 e. The van der Waals surface area contributed by atoms with Crippen LogP contribution in [0.5, 0.6) is 0 Å². The third-order valence-corrected chi connectivity index (χ3v) is 21.3. The second-order valence-corrected chi connectivity index (χ2v) is 29.1. The van der Waals surface area contributed by atoms with Crippen molar-refractivity contribution in [2.75, 3.05) is 14.7 Å². The number of rotatable bonds is 12. The summed E-state index contributed by atoms with van der Waals surface area (Å²) in [6, 6.07) is 61.4. The summed E-state index contributed by atoms with van der Waals surface area (Å²) in [5.74, 6) is -0.464. The summed E-state index contributed by atoms with van der Waals surface area (Å²) < 4.78 is 121. The lowest BCUT2D eigenvalue weighted by Gasteiger charge is -2.26. The number of fused-ring (bicyclic) bond motifs is 3. The highest BCUT2D eigenvalue weighted by Crippen LogP contribution is 2.45. The number of aryl methyl sites for hydroxylation is 3. The van der Waals surface area contributed by atoms with Crippen molar-refractivity contribution in [1.82, 2.24) is 16.0 Å². The maximum Gasteiger partial charge on any atom is 0.416 e. The fourth-order valence-electron chi connectivity index (χ4n) is 14.6. The van der Waals surface area contributed by atoms with Gasteiger partial charge in [0.2, 0.25) is 11.8 Å². The molecule has 9 aromatic rings. The summed E-state index contributed by atoms with van der Waals surface area (Å²) in [5.41, 5.74) is 10.0. The molecule has 8 atom stereocenters. The monoisotopic (exact) mass is 1680 g/mol. The first-order chi connectivity index (χ1) is 47.4. The van der Waals surface area contributed by atoms with Gasteiger partial charge < -0.3 is 15.1 Å². The van der Waals surface area contributed by atoms with E-state index in [4.69, 9.17) is 0 Å². The van der Waals surface area contributed by atoms with E-state index in [2.05, 4.69) is 120 Å². The topological polar surface area (TPSA) is 97.0 Å². The molecule has 0 spiro atoms. The molecule has 2 fully saturated rings. The maximum absolute atomic E-state index is 13.6. The van der Waals surface area contributed by atoms with Crippen LogP contribution in [-0.4, -0.2) is 29.8 Å². The van der Waals surface area contributed by atoms with E-state index in [9.17, 15) is 53.9 Å². The molecule has 2 saturated heterocycles. The molecule has 0 bridgehead atoms. The number of nitrogens with zero attached hydrogens (tertiary/aromatic N) is 3. The van der Waals surface area contributed by atoms with Gasteiger partial charge in [0.1, 0.15) is 0 Å². The molecule has 21 heteroatoms. The van der Waals surface area contributed by atoms with E-state index in [0.29, 0.717) is 35.6 Å². The second kappa shape index (κ2) is 29.2. The molecule has 9 aromatic carbocycles. The Morgan fingerprint density at radius 3 is 1.07 bits per heavy atom. The van der Waals surface area contributed by atoms with Gasteiger partial charge >= 0.3 is 18.5 Å². The van der Waals surface area contributed by atoms with E-state index >= 15 is 0 Å². The molecule has 508 valence electrons. The van der Waals surface area contributed by atoms with Gasteiger partial charge in [0, 0.05) is 39.9 Å². The normalized spacial score (nSPS) is 21.8. The van der Waals surface area contributed by atoms with Gasteiger partial charge in [-0.15, -0.1) is 0 Å². The Hall–Kier alpha value is -7.59. The van der Waals surface area contributed by atoms with Gasteiger partial charge in [0.25, 0.3) is 5.91 Å². The Kier molecular flexibility index (Phi) is 20.6. The Bertz CT molecular complexity index is 4230. The Morgan fingerprint density at radius 2 is 0.697 bits per heavy atom. The second-order valence-electron chi connectivity index (χ2n) is 25.4. The summed E-state index contributed by atoms with van der Waals surface area (Å²) in [6.07, 6.45) is -4.64. The molecule has 3 aliphatic carbocycles. The van der Waals surface area contributed by atoms with Crippen LogP contribution in [0.15, 0.2) is 230 Å². The molecule has 3 N–H and O–H groups in total. The molecule has 6 aliphatic rings. The molecule has 0 unspecified atom stereocenters. The van der Waals surface area contributed by atoms with Crippen molar-refractivity contribution in [2.45, 2.75) is 118 Å². The molecular formula is C78H64F9I3N6O3. The summed E-state index contributed by atoms with van der Waals surface area (Å²) in [7, 11) is 0. The molecule has 0 radical (unpaired) electrons. The van der Waals surface area contributed by atoms with Gasteiger partial charge in [-0.2, -0.15) is 39.5 Å². The van der Waals surface area contributed by atoms with E-state index in [0.717, 1.165) is 102 Å². The van der Waals surface area contributed by atoms with Crippen LogP contribution in [-0.2, 0) is 52.2 Å². The highest BCUT2D eigenvalue weighted by molar-refractivity contribution is 14.1. The SMILES string of the molecule is O=C1C(N[C@H]2CCc3ccccc32)=C[C@H](c2cccc(I)c2)N1c1ccc(C(F)(F)F)cc1.O=C1[C@@H](N[C@H]2CCc3ccccc32)C[C@H](c2cccc(I)c2)N1c1ccc(C(F)(F)F)cc1.O=C1[C@H](N[C@H]2CCc3ccccc32)C[C@H](c2cccc(I)c2)N1c1ccc(C(F)(F)F)cc1. The van der Waals surface area contributed by atoms with Crippen LogP contribution in [0.1, 0.15) is 135 Å². The lowest BCUT2D eigenvalue weighted by atomic mass is 10.0. The molecule has 3 amide bonds. The van der Waals surface area contributed by atoms with Gasteiger partial charge in [0.05, 0.1) is 58.6 Å². The van der Waals surface area contributed by atoms with Crippen molar-refractivity contribution in [1.29, 1.82) is 0 Å². The summed E-state index contributed by atoms with van der Waals surface area (Å²) in [6.45, 7) is 0. The lowest BCUT2D eigenvalue weighted by Crippen LogP contribution is -2.40. The fraction of sp³-hybridized carbons (Fsp3) is 0.244. The predicted molar refractivity (Wildman–Crippen MR) is 389 cm³/mol. The molecule has 99 heavy (non-hydrogen) atoms. The van der Waals surface area contributed by atoms with Crippen LogP contribution in [0.3, 0.4) is 0 Å². The van der Waals surface area contributed by atoms with E-state index in [-0.39, 0.29) is 47.9 Å². The number of carbonyl (C=O) groups excluding carboxylic acids is 3. The number of nitrogens with one attached hydrogen (secondary N) is 3. The van der Waals surface area contributed by atoms with Crippen LogP contribution < -0.4 is 30.7 Å². The van der Waals surface area contributed by atoms with Gasteiger partial charge in [0.15, 0.2) is 0 Å². The zero-order valence-corrected chi connectivity index (χ0v) is 59.2. The number of halogens is 12. The van der Waals surface area contributed by atoms with Crippen LogP contribution in [0.2, 0.25) is 0 Å². The van der Waals surface area contributed by atoms with Gasteiger partial charge in [-0.1, -0.05) is 109 Å². The summed E-state index contributed by atoms with van der Waals surface area (Å²) in [4.78, 5) is 45.6. The molecule has 3 aliphatic heterocycles. The number of carbonyl (C=O) groups is 3. The third-order valence-electron chi connectivity index (χ3n) is 19.3. The first-order valence-electron chi connectivity index (χ1n) is 32.4. The first kappa shape index (κ1) is 69.9. The minimum absolute atomic E-state index is 0.0283. The fourth-order valence-corrected chi connectivity index (χ4v) is 16.3. The highest BCUT2D eigenvalue weighted by Gasteiger charge is 2.46. The van der Waals surface area contributed by atoms with Crippen molar-refractivity contribution in [2.24, 2.45) is 0 Å². The quantitative estimate of drug-likeness (QED) is 0.0833. The number of hydrogen-bond donors (Lipinski definition) is 3. The minimum atomic E-state index is -4.43. The van der Waals surface area contributed by atoms with Crippen LogP contribution in [0.25, 0.3) is 0 Å². The highest BCUT2D eigenvalue weighted by atomic mass is 127. The van der Waals surface area contributed by atoms with Crippen LogP contribution in [0.4, 0.5) is 56.6 Å². The van der Waals surface area contributed by atoms with Crippen molar-refractivity contribution in [3.63, 3.8) is 0 Å². The molecular weight excluding hydrogens is 1620 g/mol. The first-order valence-corrected chi connectivity index (χ1v) is 35.7. The van der Waals surface area contributed by atoms with Crippen molar-refractivity contribution in [3.05, 3.63) is 308 Å². The van der Waals surface area contributed by atoms with E-state index in [1.54, 1.807) is 14.7 Å². The average molecular weight is 1690 g/mol. The minimum Gasteiger partial charge on any atom is -0.374 e. The molecule has 3 heterocycles. The Balaban J connectivity index is 0.000000133. The zero-order chi connectivity index (χ0) is 69.5.